The number of hydrogen-bond donors (Lipinski definition) is 1. The van der Waals surface area contributed by atoms with Gasteiger partial charge in [0.15, 0.2) is 0 Å². The Hall–Kier alpha value is -1.88. The highest BCUT2D eigenvalue weighted by Crippen LogP contribution is 2.06. The van der Waals surface area contributed by atoms with Gasteiger partial charge in [-0.15, -0.1) is 0 Å². The third kappa shape index (κ3) is 3.88. The molecule has 0 aliphatic carbocycles. The van der Waals surface area contributed by atoms with E-state index in [1.807, 2.05) is 0 Å². The van der Waals surface area contributed by atoms with Crippen molar-refractivity contribution in [2.24, 2.45) is 0 Å². The van der Waals surface area contributed by atoms with Crippen molar-refractivity contribution in [1.29, 1.82) is 0 Å². The monoisotopic (exact) mass is 237 g/mol. The van der Waals surface area contributed by atoms with Crippen molar-refractivity contribution in [1.82, 2.24) is 5.32 Å². The number of rotatable bonds is 5. The zero-order valence-corrected chi connectivity index (χ0v) is 9.86. The van der Waals surface area contributed by atoms with Crippen molar-refractivity contribution >= 4 is 11.9 Å². The van der Waals surface area contributed by atoms with Gasteiger partial charge in [-0.1, -0.05) is 6.07 Å². The summed E-state index contributed by atoms with van der Waals surface area (Å²) in [6.45, 7) is 0.875. The molecule has 1 aromatic carbocycles. The lowest BCUT2D eigenvalue weighted by Gasteiger charge is -2.05. The number of esters is 1. The quantitative estimate of drug-likeness (QED) is 0.609. The van der Waals surface area contributed by atoms with E-state index in [-0.39, 0.29) is 5.91 Å². The van der Waals surface area contributed by atoms with Crippen molar-refractivity contribution in [2.45, 2.75) is 0 Å². The topological polar surface area (TPSA) is 64.6 Å². The summed E-state index contributed by atoms with van der Waals surface area (Å²) in [7, 11) is 2.86. The summed E-state index contributed by atoms with van der Waals surface area (Å²) in [5.74, 6) is -0.704. The van der Waals surface area contributed by atoms with E-state index in [9.17, 15) is 9.59 Å². The highest BCUT2D eigenvalue weighted by Gasteiger charge is 2.09. The number of ether oxygens (including phenoxy) is 2. The number of amides is 1. The lowest BCUT2D eigenvalue weighted by Crippen LogP contribution is -2.27. The molecular formula is C12H15NO4. The number of methoxy groups -OCH3 is 2. The van der Waals surface area contributed by atoms with Gasteiger partial charge in [-0.3, -0.25) is 4.79 Å². The van der Waals surface area contributed by atoms with Crippen LogP contribution in [-0.2, 0) is 9.47 Å². The molecule has 0 aliphatic rings. The summed E-state index contributed by atoms with van der Waals surface area (Å²) in [5.41, 5.74) is 0.774. The van der Waals surface area contributed by atoms with Crippen LogP contribution in [0.15, 0.2) is 24.3 Å². The molecule has 0 fully saturated rings. The first kappa shape index (κ1) is 13.2. The normalized spacial score (nSPS) is 9.76. The van der Waals surface area contributed by atoms with Crippen LogP contribution in [0.3, 0.4) is 0 Å². The zero-order valence-electron chi connectivity index (χ0n) is 9.86. The van der Waals surface area contributed by atoms with Gasteiger partial charge in [-0.05, 0) is 18.2 Å². The van der Waals surface area contributed by atoms with Gasteiger partial charge in [0.1, 0.15) is 0 Å². The van der Waals surface area contributed by atoms with Crippen molar-refractivity contribution in [3.63, 3.8) is 0 Å². The Morgan fingerprint density at radius 2 is 1.94 bits per heavy atom. The highest BCUT2D eigenvalue weighted by atomic mass is 16.5. The van der Waals surface area contributed by atoms with E-state index in [1.165, 1.54) is 13.2 Å². The SMILES string of the molecule is COCCNC(=O)c1cccc(C(=O)OC)c1. The third-order valence-electron chi connectivity index (χ3n) is 2.14. The average Bonchev–Trinajstić information content (AvgIpc) is 2.38. The fourth-order valence-electron chi connectivity index (χ4n) is 1.27. The fourth-order valence-corrected chi connectivity index (χ4v) is 1.27. The van der Waals surface area contributed by atoms with Crippen LogP contribution in [-0.4, -0.2) is 39.2 Å². The van der Waals surface area contributed by atoms with Gasteiger partial charge in [0.05, 0.1) is 19.3 Å². The number of carbonyl (C=O) groups excluding carboxylic acids is 2. The van der Waals surface area contributed by atoms with Crippen LogP contribution in [0.1, 0.15) is 20.7 Å². The molecule has 0 unspecified atom stereocenters. The molecule has 0 radical (unpaired) electrons. The molecule has 0 aliphatic heterocycles. The molecule has 1 N–H and O–H groups in total. The summed E-state index contributed by atoms with van der Waals surface area (Å²) >= 11 is 0. The number of nitrogens with one attached hydrogen (secondary N) is 1. The van der Waals surface area contributed by atoms with Crippen LogP contribution in [0.25, 0.3) is 0 Å². The molecule has 1 rings (SSSR count). The second-order valence-electron chi connectivity index (χ2n) is 3.32. The molecule has 1 amide bonds. The second-order valence-corrected chi connectivity index (χ2v) is 3.32. The molecular weight excluding hydrogens is 222 g/mol. The predicted octanol–water partition coefficient (Wildman–Crippen LogP) is 0.849. The van der Waals surface area contributed by atoms with Gasteiger partial charge >= 0.3 is 5.97 Å². The lowest BCUT2D eigenvalue weighted by atomic mass is 10.1. The van der Waals surface area contributed by atoms with Crippen LogP contribution >= 0.6 is 0 Å². The van der Waals surface area contributed by atoms with E-state index < -0.39 is 5.97 Å². The minimum absolute atomic E-state index is 0.243. The first-order chi connectivity index (χ1) is 8.19. The van der Waals surface area contributed by atoms with Crippen LogP contribution < -0.4 is 5.32 Å². The van der Waals surface area contributed by atoms with Crippen LogP contribution in [0.5, 0.6) is 0 Å². The Labute approximate surface area is 99.7 Å². The molecule has 0 heterocycles. The first-order valence-electron chi connectivity index (χ1n) is 5.14. The fraction of sp³-hybridized carbons (Fsp3) is 0.333. The summed E-state index contributed by atoms with van der Waals surface area (Å²) in [6.07, 6.45) is 0. The van der Waals surface area contributed by atoms with E-state index in [1.54, 1.807) is 25.3 Å². The highest BCUT2D eigenvalue weighted by molar-refractivity contribution is 5.97. The maximum absolute atomic E-state index is 11.7. The summed E-state index contributed by atoms with van der Waals surface area (Å²) < 4.78 is 9.40. The third-order valence-corrected chi connectivity index (χ3v) is 2.14. The Bertz CT molecular complexity index is 403. The van der Waals surface area contributed by atoms with E-state index in [0.717, 1.165) is 0 Å². The van der Waals surface area contributed by atoms with E-state index >= 15 is 0 Å². The molecule has 0 spiro atoms. The van der Waals surface area contributed by atoms with Crippen LogP contribution in [0, 0.1) is 0 Å². The van der Waals surface area contributed by atoms with Gasteiger partial charge in [-0.2, -0.15) is 0 Å². The molecule has 92 valence electrons. The Morgan fingerprint density at radius 3 is 2.59 bits per heavy atom. The van der Waals surface area contributed by atoms with Crippen molar-refractivity contribution in [3.8, 4) is 0 Å². The molecule has 0 saturated heterocycles. The number of hydrogen-bond acceptors (Lipinski definition) is 4. The summed E-state index contributed by atoms with van der Waals surface area (Å²) in [6, 6.07) is 6.36. The molecule has 17 heavy (non-hydrogen) atoms. The minimum atomic E-state index is -0.462. The molecule has 0 aromatic heterocycles. The van der Waals surface area contributed by atoms with Crippen molar-refractivity contribution in [3.05, 3.63) is 35.4 Å². The Morgan fingerprint density at radius 1 is 1.24 bits per heavy atom. The molecule has 0 atom stereocenters. The van der Waals surface area contributed by atoms with E-state index in [4.69, 9.17) is 4.74 Å². The van der Waals surface area contributed by atoms with Crippen molar-refractivity contribution in [2.75, 3.05) is 27.4 Å². The smallest absolute Gasteiger partial charge is 0.337 e. The minimum Gasteiger partial charge on any atom is -0.465 e. The van der Waals surface area contributed by atoms with Gasteiger partial charge < -0.3 is 14.8 Å². The Kier molecular flexibility index (Phi) is 5.16. The molecule has 0 bridgehead atoms. The molecule has 5 nitrogen and oxygen atoms in total. The largest absolute Gasteiger partial charge is 0.465 e. The summed E-state index contributed by atoms with van der Waals surface area (Å²) in [4.78, 5) is 22.9. The number of carbonyl (C=O) groups is 2. The van der Waals surface area contributed by atoms with Crippen molar-refractivity contribution < 1.29 is 19.1 Å². The maximum Gasteiger partial charge on any atom is 0.337 e. The van der Waals surface area contributed by atoms with Gasteiger partial charge in [0, 0.05) is 19.2 Å². The molecule has 5 heteroatoms. The van der Waals surface area contributed by atoms with Gasteiger partial charge in [0.2, 0.25) is 0 Å². The van der Waals surface area contributed by atoms with E-state index in [2.05, 4.69) is 10.1 Å². The van der Waals surface area contributed by atoms with Gasteiger partial charge in [0.25, 0.3) is 5.91 Å². The maximum atomic E-state index is 11.7. The number of benzene rings is 1. The standard InChI is InChI=1S/C12H15NO4/c1-16-7-6-13-11(14)9-4-3-5-10(8-9)12(15)17-2/h3-5,8H,6-7H2,1-2H3,(H,13,14). The van der Waals surface area contributed by atoms with E-state index in [0.29, 0.717) is 24.3 Å². The van der Waals surface area contributed by atoms with Crippen LogP contribution in [0.2, 0.25) is 0 Å². The Balaban J connectivity index is 2.70. The van der Waals surface area contributed by atoms with Crippen LogP contribution in [0.4, 0.5) is 0 Å². The summed E-state index contributed by atoms with van der Waals surface area (Å²) in [5, 5.41) is 2.67. The zero-order chi connectivity index (χ0) is 12.7. The van der Waals surface area contributed by atoms with Gasteiger partial charge in [-0.25, -0.2) is 4.79 Å². The predicted molar refractivity (Wildman–Crippen MR) is 62.0 cm³/mol. The first-order valence-corrected chi connectivity index (χ1v) is 5.14. The second kappa shape index (κ2) is 6.65. The lowest BCUT2D eigenvalue weighted by molar-refractivity contribution is 0.0600. The molecule has 1 aromatic rings. The average molecular weight is 237 g/mol. The molecule has 0 saturated carbocycles.